The molecule has 1 heterocycles. The number of aryl methyl sites for hydroxylation is 2. The van der Waals surface area contributed by atoms with Crippen LogP contribution in [0.25, 0.3) is 0 Å². The van der Waals surface area contributed by atoms with Crippen LogP contribution in [0.5, 0.6) is 5.75 Å². The normalized spacial score (nSPS) is 10.4. The molecule has 0 fully saturated rings. The zero-order valence-corrected chi connectivity index (χ0v) is 10.7. The predicted molar refractivity (Wildman–Crippen MR) is 69.0 cm³/mol. The van der Waals surface area contributed by atoms with Crippen molar-refractivity contribution in [2.45, 2.75) is 6.92 Å². The Labute approximate surface area is 109 Å². The lowest BCUT2D eigenvalue weighted by Crippen LogP contribution is -2.15. The maximum absolute atomic E-state index is 12.0. The van der Waals surface area contributed by atoms with Crippen LogP contribution in [0.3, 0.4) is 0 Å². The van der Waals surface area contributed by atoms with Crippen LogP contribution >= 0.6 is 11.6 Å². The maximum Gasteiger partial charge on any atom is 0.273 e. The highest BCUT2D eigenvalue weighted by Gasteiger charge is 2.12. The van der Waals surface area contributed by atoms with Gasteiger partial charge in [0.25, 0.3) is 5.91 Å². The van der Waals surface area contributed by atoms with Crippen molar-refractivity contribution in [3.63, 3.8) is 0 Å². The number of aromatic hydroxyl groups is 1. The Kier molecular flexibility index (Phi) is 3.25. The van der Waals surface area contributed by atoms with Gasteiger partial charge in [-0.3, -0.25) is 9.48 Å². The largest absolute Gasteiger partial charge is 0.506 e. The first-order valence-electron chi connectivity index (χ1n) is 5.28. The Morgan fingerprint density at radius 3 is 2.72 bits per heavy atom. The fraction of sp³-hybridized carbons (Fsp3) is 0.167. The topological polar surface area (TPSA) is 67.2 Å². The highest BCUT2D eigenvalue weighted by molar-refractivity contribution is 6.32. The summed E-state index contributed by atoms with van der Waals surface area (Å²) in [6.45, 7) is 1.81. The van der Waals surface area contributed by atoms with Gasteiger partial charge < -0.3 is 10.4 Å². The Balaban J connectivity index is 2.21. The van der Waals surface area contributed by atoms with Gasteiger partial charge in [-0.25, -0.2) is 0 Å². The Bertz CT molecular complexity index is 607. The minimum Gasteiger partial charge on any atom is -0.506 e. The van der Waals surface area contributed by atoms with Gasteiger partial charge in [-0.15, -0.1) is 0 Å². The predicted octanol–water partition coefficient (Wildman–Crippen LogP) is 2.34. The highest BCUT2D eigenvalue weighted by atomic mass is 35.5. The second kappa shape index (κ2) is 4.70. The maximum atomic E-state index is 12.0. The third kappa shape index (κ3) is 2.46. The van der Waals surface area contributed by atoms with Crippen LogP contribution in [0.1, 0.15) is 16.2 Å². The number of carbonyl (C=O) groups excluding carboxylic acids is 1. The van der Waals surface area contributed by atoms with Gasteiger partial charge in [0.1, 0.15) is 11.4 Å². The fourth-order valence-corrected chi connectivity index (χ4v) is 1.73. The smallest absolute Gasteiger partial charge is 0.273 e. The van der Waals surface area contributed by atoms with E-state index >= 15 is 0 Å². The number of nitrogens with zero attached hydrogens (tertiary/aromatic N) is 2. The second-order valence-corrected chi connectivity index (χ2v) is 4.32. The molecule has 2 aromatic rings. The molecule has 0 aliphatic heterocycles. The molecule has 1 aromatic heterocycles. The van der Waals surface area contributed by atoms with Crippen LogP contribution in [0.4, 0.5) is 5.69 Å². The molecule has 0 unspecified atom stereocenters. The molecule has 1 aromatic carbocycles. The molecule has 0 bridgehead atoms. The third-order valence-electron chi connectivity index (χ3n) is 2.44. The first kappa shape index (κ1) is 12.4. The van der Waals surface area contributed by atoms with Crippen molar-refractivity contribution < 1.29 is 9.90 Å². The van der Waals surface area contributed by atoms with Gasteiger partial charge in [0, 0.05) is 18.8 Å². The van der Waals surface area contributed by atoms with Gasteiger partial charge in [0.15, 0.2) is 0 Å². The molecule has 0 radical (unpaired) electrons. The lowest BCUT2D eigenvalue weighted by atomic mass is 10.3. The molecule has 0 saturated carbocycles. The minimum atomic E-state index is -0.292. The van der Waals surface area contributed by atoms with E-state index in [1.165, 1.54) is 16.8 Å². The van der Waals surface area contributed by atoms with E-state index in [1.54, 1.807) is 19.2 Å². The molecule has 6 heteroatoms. The number of phenols is 1. The molecular weight excluding hydrogens is 254 g/mol. The summed E-state index contributed by atoms with van der Waals surface area (Å²) in [6.07, 6.45) is 0. The molecular formula is C12H12ClN3O2. The first-order chi connectivity index (χ1) is 8.47. The summed E-state index contributed by atoms with van der Waals surface area (Å²) in [6, 6.07) is 6.21. The first-order valence-corrected chi connectivity index (χ1v) is 5.65. The molecule has 0 aliphatic carbocycles. The minimum absolute atomic E-state index is 0.0735. The molecule has 94 valence electrons. The monoisotopic (exact) mass is 265 g/mol. The summed E-state index contributed by atoms with van der Waals surface area (Å²) >= 11 is 5.69. The van der Waals surface area contributed by atoms with Gasteiger partial charge in [-0.05, 0) is 25.1 Å². The van der Waals surface area contributed by atoms with Gasteiger partial charge >= 0.3 is 0 Å². The molecule has 0 atom stereocenters. The van der Waals surface area contributed by atoms with Crippen molar-refractivity contribution in [1.82, 2.24) is 9.78 Å². The quantitative estimate of drug-likeness (QED) is 0.876. The SMILES string of the molecule is Cc1cc(C(=O)Nc2ccc(Cl)c(O)c2)n(C)n1. The van der Waals surface area contributed by atoms with Gasteiger partial charge in [-0.2, -0.15) is 5.10 Å². The summed E-state index contributed by atoms with van der Waals surface area (Å²) in [5.41, 5.74) is 1.68. The van der Waals surface area contributed by atoms with E-state index in [9.17, 15) is 9.90 Å². The van der Waals surface area contributed by atoms with E-state index in [0.29, 0.717) is 11.4 Å². The van der Waals surface area contributed by atoms with Crippen LogP contribution in [0, 0.1) is 6.92 Å². The molecule has 5 nitrogen and oxygen atoms in total. The average Bonchev–Trinajstić information content (AvgIpc) is 2.63. The van der Waals surface area contributed by atoms with E-state index in [1.807, 2.05) is 6.92 Å². The molecule has 2 N–H and O–H groups in total. The lowest BCUT2D eigenvalue weighted by Gasteiger charge is -2.06. The van der Waals surface area contributed by atoms with Crippen molar-refractivity contribution >= 4 is 23.2 Å². The zero-order valence-electron chi connectivity index (χ0n) is 9.94. The summed E-state index contributed by atoms with van der Waals surface area (Å²) < 4.78 is 1.50. The number of hydrogen-bond donors (Lipinski definition) is 2. The molecule has 18 heavy (non-hydrogen) atoms. The van der Waals surface area contributed by atoms with E-state index in [2.05, 4.69) is 10.4 Å². The van der Waals surface area contributed by atoms with Crippen molar-refractivity contribution in [3.8, 4) is 5.75 Å². The number of benzene rings is 1. The van der Waals surface area contributed by atoms with E-state index < -0.39 is 0 Å². The van der Waals surface area contributed by atoms with Crippen molar-refractivity contribution in [2.24, 2.45) is 7.05 Å². The van der Waals surface area contributed by atoms with Crippen LogP contribution < -0.4 is 5.32 Å². The number of rotatable bonds is 2. The molecule has 0 saturated heterocycles. The third-order valence-corrected chi connectivity index (χ3v) is 2.76. The van der Waals surface area contributed by atoms with Crippen LogP contribution in [0.2, 0.25) is 5.02 Å². The summed E-state index contributed by atoms with van der Waals surface area (Å²) in [5, 5.41) is 16.4. The Hall–Kier alpha value is -2.01. The fourth-order valence-electron chi connectivity index (χ4n) is 1.61. The molecule has 0 spiro atoms. The molecule has 0 aliphatic rings. The van der Waals surface area contributed by atoms with Gasteiger partial charge in [0.05, 0.1) is 10.7 Å². The van der Waals surface area contributed by atoms with Crippen LogP contribution in [-0.2, 0) is 7.05 Å². The summed E-state index contributed by atoms with van der Waals surface area (Å²) in [7, 11) is 1.70. The van der Waals surface area contributed by atoms with Crippen molar-refractivity contribution in [2.75, 3.05) is 5.32 Å². The number of halogens is 1. The average molecular weight is 266 g/mol. The highest BCUT2D eigenvalue weighted by Crippen LogP contribution is 2.26. The van der Waals surface area contributed by atoms with E-state index in [4.69, 9.17) is 11.6 Å². The number of aromatic nitrogens is 2. The zero-order chi connectivity index (χ0) is 13.3. The number of phenolic OH excluding ortho intramolecular Hbond substituents is 1. The number of hydrogen-bond acceptors (Lipinski definition) is 3. The Morgan fingerprint density at radius 2 is 2.17 bits per heavy atom. The summed E-state index contributed by atoms with van der Waals surface area (Å²) in [5.74, 6) is -0.365. The Morgan fingerprint density at radius 1 is 1.44 bits per heavy atom. The lowest BCUT2D eigenvalue weighted by molar-refractivity contribution is 0.101. The summed E-state index contributed by atoms with van der Waals surface area (Å²) in [4.78, 5) is 12.0. The van der Waals surface area contributed by atoms with E-state index in [0.717, 1.165) is 5.69 Å². The van der Waals surface area contributed by atoms with E-state index in [-0.39, 0.29) is 16.7 Å². The number of anilines is 1. The van der Waals surface area contributed by atoms with Gasteiger partial charge in [-0.1, -0.05) is 11.6 Å². The van der Waals surface area contributed by atoms with Crippen LogP contribution in [0.15, 0.2) is 24.3 Å². The van der Waals surface area contributed by atoms with Crippen molar-refractivity contribution in [1.29, 1.82) is 0 Å². The number of amides is 1. The second-order valence-electron chi connectivity index (χ2n) is 3.91. The standard InChI is InChI=1S/C12H12ClN3O2/c1-7-5-10(16(2)15-7)12(18)14-8-3-4-9(13)11(17)6-8/h3-6,17H,1-2H3,(H,14,18). The molecule has 1 amide bonds. The van der Waals surface area contributed by atoms with Crippen molar-refractivity contribution in [3.05, 3.63) is 40.7 Å². The number of carbonyl (C=O) groups is 1. The van der Waals surface area contributed by atoms with Gasteiger partial charge in [0.2, 0.25) is 0 Å². The molecule has 2 rings (SSSR count). The van der Waals surface area contributed by atoms with Crippen LogP contribution in [-0.4, -0.2) is 20.8 Å². The number of nitrogens with one attached hydrogen (secondary N) is 1.